The lowest BCUT2D eigenvalue weighted by Crippen LogP contribution is -2.05. The van der Waals surface area contributed by atoms with Crippen molar-refractivity contribution >= 4 is 5.97 Å². The molecule has 2 aromatic rings. The van der Waals surface area contributed by atoms with E-state index in [9.17, 15) is 4.79 Å². The van der Waals surface area contributed by atoms with E-state index in [4.69, 9.17) is 9.15 Å². The zero-order valence-electron chi connectivity index (χ0n) is 10.2. The van der Waals surface area contributed by atoms with Crippen LogP contribution in [0.3, 0.4) is 0 Å². The molecule has 5 nitrogen and oxygen atoms in total. The van der Waals surface area contributed by atoms with Crippen molar-refractivity contribution in [2.24, 2.45) is 0 Å². The summed E-state index contributed by atoms with van der Waals surface area (Å²) in [5.41, 5.74) is 1.29. The van der Waals surface area contributed by atoms with Gasteiger partial charge in [0.1, 0.15) is 17.9 Å². The standard InChI is InChI=1S/C13H13NO4/c1-9-3-4-10(7-14-9)18-8-12-11(5-6-17-12)13(15)16-2/h3-7H,8H2,1-2H3. The summed E-state index contributed by atoms with van der Waals surface area (Å²) in [6, 6.07) is 5.21. The molecular formula is C13H13NO4. The van der Waals surface area contributed by atoms with Crippen molar-refractivity contribution in [3.8, 4) is 5.75 Å². The van der Waals surface area contributed by atoms with Gasteiger partial charge in [-0.05, 0) is 25.1 Å². The number of pyridine rings is 1. The van der Waals surface area contributed by atoms with Crippen LogP contribution in [-0.4, -0.2) is 18.1 Å². The summed E-state index contributed by atoms with van der Waals surface area (Å²) >= 11 is 0. The molecule has 0 saturated carbocycles. The first kappa shape index (κ1) is 12.2. The van der Waals surface area contributed by atoms with Gasteiger partial charge in [-0.1, -0.05) is 0 Å². The van der Waals surface area contributed by atoms with Gasteiger partial charge >= 0.3 is 5.97 Å². The molecule has 0 N–H and O–H groups in total. The predicted molar refractivity (Wildman–Crippen MR) is 63.4 cm³/mol. The SMILES string of the molecule is COC(=O)c1ccoc1COc1ccc(C)nc1. The van der Waals surface area contributed by atoms with Gasteiger partial charge in [-0.2, -0.15) is 0 Å². The van der Waals surface area contributed by atoms with Gasteiger partial charge in [-0.3, -0.25) is 4.98 Å². The zero-order valence-corrected chi connectivity index (χ0v) is 10.2. The number of hydrogen-bond donors (Lipinski definition) is 0. The number of carbonyl (C=O) groups excluding carboxylic acids is 1. The maximum atomic E-state index is 11.4. The Bertz CT molecular complexity index is 530. The fourth-order valence-corrected chi connectivity index (χ4v) is 1.43. The third-order valence-corrected chi connectivity index (χ3v) is 2.40. The maximum Gasteiger partial charge on any atom is 0.341 e. The lowest BCUT2D eigenvalue weighted by Gasteiger charge is -2.05. The van der Waals surface area contributed by atoms with E-state index in [0.29, 0.717) is 17.1 Å². The highest BCUT2D eigenvalue weighted by atomic mass is 16.5. The van der Waals surface area contributed by atoms with E-state index in [1.807, 2.05) is 19.1 Å². The second-order valence-corrected chi connectivity index (χ2v) is 3.67. The Morgan fingerprint density at radius 1 is 1.39 bits per heavy atom. The van der Waals surface area contributed by atoms with Gasteiger partial charge in [0.2, 0.25) is 0 Å². The summed E-state index contributed by atoms with van der Waals surface area (Å²) in [7, 11) is 1.32. The molecule has 0 aliphatic carbocycles. The predicted octanol–water partition coefficient (Wildman–Crippen LogP) is 2.35. The quantitative estimate of drug-likeness (QED) is 0.776. The Labute approximate surface area is 104 Å². The number of nitrogens with zero attached hydrogens (tertiary/aromatic N) is 1. The highest BCUT2D eigenvalue weighted by Crippen LogP contribution is 2.16. The van der Waals surface area contributed by atoms with E-state index < -0.39 is 5.97 Å². The Morgan fingerprint density at radius 3 is 2.89 bits per heavy atom. The molecule has 94 valence electrons. The third kappa shape index (κ3) is 2.68. The number of aromatic nitrogens is 1. The van der Waals surface area contributed by atoms with Crippen molar-refractivity contribution in [2.75, 3.05) is 7.11 Å². The Morgan fingerprint density at radius 2 is 2.22 bits per heavy atom. The summed E-state index contributed by atoms with van der Waals surface area (Å²) in [6.45, 7) is 2.05. The second kappa shape index (κ2) is 5.35. The van der Waals surface area contributed by atoms with Crippen molar-refractivity contribution in [1.29, 1.82) is 0 Å². The first-order chi connectivity index (χ1) is 8.70. The molecule has 0 amide bonds. The largest absolute Gasteiger partial charge is 0.484 e. The summed E-state index contributed by atoms with van der Waals surface area (Å²) in [5, 5.41) is 0. The topological polar surface area (TPSA) is 61.6 Å². The molecule has 0 aromatic carbocycles. The van der Waals surface area contributed by atoms with Gasteiger partial charge in [0.05, 0.1) is 19.6 Å². The van der Waals surface area contributed by atoms with Crippen LogP contribution in [0.4, 0.5) is 0 Å². The van der Waals surface area contributed by atoms with Gasteiger partial charge in [0.25, 0.3) is 0 Å². The monoisotopic (exact) mass is 247 g/mol. The average Bonchev–Trinajstić information content (AvgIpc) is 2.85. The van der Waals surface area contributed by atoms with Crippen molar-refractivity contribution in [3.63, 3.8) is 0 Å². The van der Waals surface area contributed by atoms with Crippen molar-refractivity contribution in [1.82, 2.24) is 4.98 Å². The van der Waals surface area contributed by atoms with Crippen LogP contribution in [0.5, 0.6) is 5.75 Å². The number of methoxy groups -OCH3 is 1. The summed E-state index contributed by atoms with van der Waals surface area (Å²) in [6.07, 6.45) is 3.05. The Hall–Kier alpha value is -2.30. The molecule has 0 saturated heterocycles. The second-order valence-electron chi connectivity index (χ2n) is 3.67. The van der Waals surface area contributed by atoms with E-state index in [1.54, 1.807) is 12.3 Å². The van der Waals surface area contributed by atoms with Gasteiger partial charge in [0.15, 0.2) is 5.76 Å². The van der Waals surface area contributed by atoms with Gasteiger partial charge in [0, 0.05) is 5.69 Å². The number of ether oxygens (including phenoxy) is 2. The first-order valence-corrected chi connectivity index (χ1v) is 5.41. The Balaban J connectivity index is 2.04. The fraction of sp³-hybridized carbons (Fsp3) is 0.231. The first-order valence-electron chi connectivity index (χ1n) is 5.41. The number of carbonyl (C=O) groups is 1. The van der Waals surface area contributed by atoms with Crippen LogP contribution in [0.2, 0.25) is 0 Å². The van der Waals surface area contributed by atoms with Crippen molar-refractivity contribution < 1.29 is 18.7 Å². The van der Waals surface area contributed by atoms with Crippen LogP contribution in [0.25, 0.3) is 0 Å². The number of aryl methyl sites for hydroxylation is 1. The van der Waals surface area contributed by atoms with E-state index in [-0.39, 0.29) is 6.61 Å². The molecule has 0 atom stereocenters. The molecule has 0 fully saturated rings. The molecule has 5 heteroatoms. The number of rotatable bonds is 4. The van der Waals surface area contributed by atoms with Crippen molar-refractivity contribution in [2.45, 2.75) is 13.5 Å². The Kier molecular flexibility index (Phi) is 3.62. The molecular weight excluding hydrogens is 234 g/mol. The molecule has 2 aromatic heterocycles. The summed E-state index contributed by atoms with van der Waals surface area (Å²) in [5.74, 6) is 0.611. The lowest BCUT2D eigenvalue weighted by atomic mass is 10.2. The minimum atomic E-state index is -0.440. The third-order valence-electron chi connectivity index (χ3n) is 2.40. The van der Waals surface area contributed by atoms with Crippen LogP contribution in [0.1, 0.15) is 21.8 Å². The van der Waals surface area contributed by atoms with Crippen LogP contribution >= 0.6 is 0 Å². The molecule has 2 heterocycles. The molecule has 0 aliphatic heterocycles. The van der Waals surface area contributed by atoms with Crippen molar-refractivity contribution in [3.05, 3.63) is 47.7 Å². The normalized spacial score (nSPS) is 10.1. The van der Waals surface area contributed by atoms with Crippen LogP contribution < -0.4 is 4.74 Å². The van der Waals surface area contributed by atoms with E-state index >= 15 is 0 Å². The zero-order chi connectivity index (χ0) is 13.0. The van der Waals surface area contributed by atoms with E-state index in [1.165, 1.54) is 13.4 Å². The molecule has 0 radical (unpaired) electrons. The number of hydrogen-bond acceptors (Lipinski definition) is 5. The number of furan rings is 1. The smallest absolute Gasteiger partial charge is 0.341 e. The highest BCUT2D eigenvalue weighted by Gasteiger charge is 2.15. The van der Waals surface area contributed by atoms with Crippen LogP contribution in [0.15, 0.2) is 35.1 Å². The van der Waals surface area contributed by atoms with Gasteiger partial charge in [-0.25, -0.2) is 4.79 Å². The van der Waals surface area contributed by atoms with Gasteiger partial charge < -0.3 is 13.9 Å². The molecule has 0 aliphatic rings. The van der Waals surface area contributed by atoms with E-state index in [0.717, 1.165) is 5.69 Å². The molecule has 0 unspecified atom stereocenters. The minimum Gasteiger partial charge on any atom is -0.484 e. The maximum absolute atomic E-state index is 11.4. The van der Waals surface area contributed by atoms with Gasteiger partial charge in [-0.15, -0.1) is 0 Å². The number of esters is 1. The molecule has 2 rings (SSSR count). The minimum absolute atomic E-state index is 0.155. The summed E-state index contributed by atoms with van der Waals surface area (Å²) in [4.78, 5) is 15.5. The molecule has 0 bridgehead atoms. The fourth-order valence-electron chi connectivity index (χ4n) is 1.43. The van der Waals surface area contributed by atoms with Crippen LogP contribution in [0, 0.1) is 6.92 Å². The van der Waals surface area contributed by atoms with Crippen LogP contribution in [-0.2, 0) is 11.3 Å². The molecule has 18 heavy (non-hydrogen) atoms. The lowest BCUT2D eigenvalue weighted by molar-refractivity contribution is 0.0595. The highest BCUT2D eigenvalue weighted by molar-refractivity contribution is 5.90. The summed E-state index contributed by atoms with van der Waals surface area (Å²) < 4.78 is 15.3. The van der Waals surface area contributed by atoms with E-state index in [2.05, 4.69) is 9.72 Å². The average molecular weight is 247 g/mol. The molecule has 0 spiro atoms.